The highest BCUT2D eigenvalue weighted by atomic mass is 32.1. The molecule has 1 heterocycles. The molecule has 0 radical (unpaired) electrons. The third kappa shape index (κ3) is 1.37. The molecule has 1 aliphatic rings. The predicted molar refractivity (Wildman–Crippen MR) is 46.4 cm³/mol. The fourth-order valence-corrected chi connectivity index (χ4v) is 0.832. The molecule has 60 valence electrons. The maximum Gasteiger partial charge on any atom is 0.253 e. The quantitative estimate of drug-likeness (QED) is 0.526. The third-order valence-corrected chi connectivity index (χ3v) is 1.61. The van der Waals surface area contributed by atoms with Gasteiger partial charge in [-0.2, -0.15) is 0 Å². The van der Waals surface area contributed by atoms with E-state index in [-0.39, 0.29) is 10.9 Å². The maximum atomic E-state index is 11.1. The minimum atomic E-state index is -0.723. The van der Waals surface area contributed by atoms with E-state index in [2.05, 4.69) is 22.5 Å². The molecule has 11 heavy (non-hydrogen) atoms. The van der Waals surface area contributed by atoms with Crippen molar-refractivity contribution in [1.82, 2.24) is 5.32 Å². The summed E-state index contributed by atoms with van der Waals surface area (Å²) in [7, 11) is 0. The zero-order valence-corrected chi connectivity index (χ0v) is 7.16. The van der Waals surface area contributed by atoms with Crippen LogP contribution < -0.4 is 11.1 Å². The van der Waals surface area contributed by atoms with Gasteiger partial charge in [0.2, 0.25) is 0 Å². The summed E-state index contributed by atoms with van der Waals surface area (Å²) in [4.78, 5) is 15.2. The van der Waals surface area contributed by atoms with Gasteiger partial charge in [0, 0.05) is 0 Å². The zero-order chi connectivity index (χ0) is 8.65. The molecule has 0 unspecified atom stereocenters. The van der Waals surface area contributed by atoms with E-state index in [9.17, 15) is 4.79 Å². The number of hydrogen-bond donors (Lipinski definition) is 2. The lowest BCUT2D eigenvalue weighted by molar-refractivity contribution is -0.122. The van der Waals surface area contributed by atoms with Gasteiger partial charge in [-0.15, -0.1) is 0 Å². The Morgan fingerprint density at radius 3 is 2.45 bits per heavy atom. The van der Waals surface area contributed by atoms with Crippen molar-refractivity contribution in [2.75, 3.05) is 0 Å². The molecule has 0 spiro atoms. The van der Waals surface area contributed by atoms with E-state index in [0.717, 1.165) is 0 Å². The van der Waals surface area contributed by atoms with Crippen LogP contribution in [0.15, 0.2) is 4.99 Å². The molecule has 0 fully saturated rings. The lowest BCUT2D eigenvalue weighted by Crippen LogP contribution is -2.38. The summed E-state index contributed by atoms with van der Waals surface area (Å²) >= 11 is 4.64. The van der Waals surface area contributed by atoms with Crippen molar-refractivity contribution in [2.24, 2.45) is 10.7 Å². The average molecular weight is 171 g/mol. The maximum absolute atomic E-state index is 11.1. The molecule has 5 heteroatoms. The second-order valence-electron chi connectivity index (χ2n) is 2.84. The van der Waals surface area contributed by atoms with E-state index in [4.69, 9.17) is 5.73 Å². The Bertz CT molecular complexity index is 257. The standard InChI is InChI=1S/C6H9N3OS/c1-6(2)5(10)8-4(9-6)3(7)11/h1-2H3,(H2,7,11)(H,8,9,10). The lowest BCUT2D eigenvalue weighted by atomic mass is 10.1. The first-order valence-electron chi connectivity index (χ1n) is 3.14. The molecule has 0 bridgehead atoms. The Morgan fingerprint density at radius 1 is 1.73 bits per heavy atom. The van der Waals surface area contributed by atoms with E-state index < -0.39 is 5.54 Å². The van der Waals surface area contributed by atoms with Gasteiger partial charge in [-0.25, -0.2) is 4.99 Å². The molecule has 0 aromatic carbocycles. The molecule has 4 nitrogen and oxygen atoms in total. The number of carbonyl (C=O) groups is 1. The fourth-order valence-electron chi connectivity index (χ4n) is 0.735. The summed E-state index contributed by atoms with van der Waals surface area (Å²) in [6.45, 7) is 3.40. The van der Waals surface area contributed by atoms with Crippen LogP contribution >= 0.6 is 12.2 Å². The second kappa shape index (κ2) is 2.27. The van der Waals surface area contributed by atoms with Crippen LogP contribution in [0, 0.1) is 0 Å². The SMILES string of the molecule is CC1(C)N=C(C(N)=S)NC1=O. The van der Waals surface area contributed by atoms with Crippen LogP contribution in [-0.4, -0.2) is 22.3 Å². The number of rotatable bonds is 1. The van der Waals surface area contributed by atoms with Crippen LogP contribution in [0.3, 0.4) is 0 Å². The number of amides is 1. The van der Waals surface area contributed by atoms with Crippen molar-refractivity contribution in [3.05, 3.63) is 0 Å². The molecule has 0 aromatic rings. The van der Waals surface area contributed by atoms with Crippen LogP contribution in [-0.2, 0) is 4.79 Å². The minimum Gasteiger partial charge on any atom is -0.387 e. The zero-order valence-electron chi connectivity index (χ0n) is 6.34. The Morgan fingerprint density at radius 2 is 2.27 bits per heavy atom. The minimum absolute atomic E-state index is 0.129. The van der Waals surface area contributed by atoms with E-state index in [1.54, 1.807) is 13.8 Å². The van der Waals surface area contributed by atoms with Crippen molar-refractivity contribution < 1.29 is 4.79 Å². The fraction of sp³-hybridized carbons (Fsp3) is 0.500. The molecular formula is C6H9N3OS. The molecule has 3 N–H and O–H groups in total. The van der Waals surface area contributed by atoms with E-state index in [1.807, 2.05) is 0 Å². The average Bonchev–Trinajstić information content (AvgIpc) is 2.08. The number of nitrogens with two attached hydrogens (primary N) is 1. The molecule has 0 aliphatic carbocycles. The van der Waals surface area contributed by atoms with Crippen LogP contribution in [0.2, 0.25) is 0 Å². The van der Waals surface area contributed by atoms with Gasteiger partial charge in [0.15, 0.2) is 5.84 Å². The summed E-state index contributed by atoms with van der Waals surface area (Å²) in [5, 5.41) is 2.49. The number of carbonyl (C=O) groups excluding carboxylic acids is 1. The number of amidine groups is 1. The Balaban J connectivity index is 2.93. The monoisotopic (exact) mass is 171 g/mol. The molecule has 0 aromatic heterocycles. The number of nitrogens with one attached hydrogen (secondary N) is 1. The Kier molecular flexibility index (Phi) is 1.67. The van der Waals surface area contributed by atoms with E-state index in [0.29, 0.717) is 5.84 Å². The molecular weight excluding hydrogens is 162 g/mol. The van der Waals surface area contributed by atoms with Crippen LogP contribution in [0.1, 0.15) is 13.8 Å². The van der Waals surface area contributed by atoms with Crippen LogP contribution in [0.4, 0.5) is 0 Å². The predicted octanol–water partition coefficient (Wildman–Crippen LogP) is -0.421. The lowest BCUT2D eigenvalue weighted by Gasteiger charge is -2.07. The smallest absolute Gasteiger partial charge is 0.253 e. The van der Waals surface area contributed by atoms with Gasteiger partial charge in [-0.3, -0.25) is 4.79 Å². The highest BCUT2D eigenvalue weighted by molar-refractivity contribution is 7.82. The molecule has 1 aliphatic heterocycles. The van der Waals surface area contributed by atoms with Gasteiger partial charge >= 0.3 is 0 Å². The normalized spacial score (nSPS) is 20.9. The largest absolute Gasteiger partial charge is 0.387 e. The number of aliphatic imine (C=N–C) groups is 1. The third-order valence-electron chi connectivity index (χ3n) is 1.41. The first-order chi connectivity index (χ1) is 4.93. The summed E-state index contributed by atoms with van der Waals surface area (Å²) in [6.07, 6.45) is 0. The van der Waals surface area contributed by atoms with Crippen molar-refractivity contribution in [3.8, 4) is 0 Å². The molecule has 1 amide bonds. The first-order valence-corrected chi connectivity index (χ1v) is 3.55. The highest BCUT2D eigenvalue weighted by Crippen LogP contribution is 2.13. The Labute approximate surface area is 69.9 Å². The number of thiocarbonyl (C=S) groups is 1. The van der Waals surface area contributed by atoms with Gasteiger partial charge < -0.3 is 11.1 Å². The van der Waals surface area contributed by atoms with Crippen molar-refractivity contribution in [3.63, 3.8) is 0 Å². The van der Waals surface area contributed by atoms with Crippen LogP contribution in [0.5, 0.6) is 0 Å². The topological polar surface area (TPSA) is 67.5 Å². The second-order valence-corrected chi connectivity index (χ2v) is 3.28. The summed E-state index contributed by atoms with van der Waals surface area (Å²) in [5.41, 5.74) is 4.54. The van der Waals surface area contributed by atoms with Crippen molar-refractivity contribution in [1.29, 1.82) is 0 Å². The summed E-state index contributed by atoms with van der Waals surface area (Å²) < 4.78 is 0. The molecule has 0 saturated carbocycles. The van der Waals surface area contributed by atoms with E-state index >= 15 is 0 Å². The molecule has 0 saturated heterocycles. The molecule has 1 rings (SSSR count). The first kappa shape index (κ1) is 8.13. The van der Waals surface area contributed by atoms with E-state index in [1.165, 1.54) is 0 Å². The van der Waals surface area contributed by atoms with Crippen LogP contribution in [0.25, 0.3) is 0 Å². The number of nitrogens with zero attached hydrogens (tertiary/aromatic N) is 1. The van der Waals surface area contributed by atoms with Crippen molar-refractivity contribution in [2.45, 2.75) is 19.4 Å². The van der Waals surface area contributed by atoms with Gasteiger partial charge in [0.1, 0.15) is 10.5 Å². The van der Waals surface area contributed by atoms with Crippen molar-refractivity contribution >= 4 is 28.9 Å². The van der Waals surface area contributed by atoms with Gasteiger partial charge in [-0.1, -0.05) is 12.2 Å². The summed E-state index contributed by atoms with van der Waals surface area (Å²) in [5.74, 6) is 0.148. The highest BCUT2D eigenvalue weighted by Gasteiger charge is 2.34. The van der Waals surface area contributed by atoms with Gasteiger partial charge in [0.25, 0.3) is 5.91 Å². The van der Waals surface area contributed by atoms with Gasteiger partial charge in [-0.05, 0) is 13.8 Å². The van der Waals surface area contributed by atoms with Gasteiger partial charge in [0.05, 0.1) is 0 Å². The molecule has 0 atom stereocenters. The summed E-state index contributed by atoms with van der Waals surface area (Å²) in [6, 6.07) is 0. The Hall–Kier alpha value is -0.970. The number of hydrogen-bond acceptors (Lipinski definition) is 3.